The van der Waals surface area contributed by atoms with Crippen LogP contribution >= 0.6 is 0 Å². The van der Waals surface area contributed by atoms with E-state index in [0.717, 1.165) is 32.2 Å². The molecule has 2 aromatic rings. The van der Waals surface area contributed by atoms with Gasteiger partial charge in [0, 0.05) is 11.5 Å². The first kappa shape index (κ1) is 17.1. The monoisotopic (exact) mass is 360 g/mol. The van der Waals surface area contributed by atoms with Crippen molar-refractivity contribution in [2.24, 2.45) is 0 Å². The van der Waals surface area contributed by atoms with Crippen molar-refractivity contribution in [2.45, 2.75) is 70.5 Å². The van der Waals surface area contributed by atoms with Crippen LogP contribution in [0.4, 0.5) is 0 Å². The Balaban J connectivity index is 1.44. The normalized spacial score (nSPS) is 21.3. The second-order valence-corrected chi connectivity index (χ2v) is 8.09. The summed E-state index contributed by atoms with van der Waals surface area (Å²) < 4.78 is 10.8. The number of hydrogen-bond acceptors (Lipinski definition) is 8. The summed E-state index contributed by atoms with van der Waals surface area (Å²) in [7, 11) is 0. The molecule has 1 unspecified atom stereocenters. The van der Waals surface area contributed by atoms with Crippen molar-refractivity contribution >= 4 is 5.91 Å². The molecule has 9 nitrogen and oxygen atoms in total. The Morgan fingerprint density at radius 1 is 1.19 bits per heavy atom. The lowest BCUT2D eigenvalue weighted by Gasteiger charge is -2.19. The fourth-order valence-electron chi connectivity index (χ4n) is 3.03. The summed E-state index contributed by atoms with van der Waals surface area (Å²) >= 11 is 0. The molecule has 1 saturated heterocycles. The molecule has 1 amide bonds. The molecule has 1 N–H and O–H groups in total. The number of carbonyl (C=O) groups is 1. The average Bonchev–Trinajstić information content (AvgIpc) is 3.01. The first-order valence-corrected chi connectivity index (χ1v) is 9.12. The lowest BCUT2D eigenvalue weighted by atomic mass is 9.96. The van der Waals surface area contributed by atoms with Gasteiger partial charge in [0.25, 0.3) is 11.7 Å². The van der Waals surface area contributed by atoms with Gasteiger partial charge in [-0.2, -0.15) is 9.97 Å². The van der Waals surface area contributed by atoms with Gasteiger partial charge in [0.2, 0.25) is 11.8 Å². The Labute approximate surface area is 151 Å². The van der Waals surface area contributed by atoms with E-state index in [1.165, 1.54) is 0 Å². The highest BCUT2D eigenvalue weighted by molar-refractivity contribution is 5.90. The zero-order valence-corrected chi connectivity index (χ0v) is 15.4. The molecular weight excluding hydrogens is 336 g/mol. The molecule has 2 aliphatic rings. The molecule has 1 aliphatic heterocycles. The summed E-state index contributed by atoms with van der Waals surface area (Å²) in [6.07, 6.45) is 3.95. The molecule has 26 heavy (non-hydrogen) atoms. The topological polar surface area (TPSA) is 110 Å². The first-order chi connectivity index (χ1) is 12.4. The van der Waals surface area contributed by atoms with E-state index in [4.69, 9.17) is 9.05 Å². The Kier molecular flexibility index (Phi) is 4.26. The molecule has 1 saturated carbocycles. The Morgan fingerprint density at radius 3 is 2.69 bits per heavy atom. The molecule has 0 bridgehead atoms. The van der Waals surface area contributed by atoms with E-state index in [2.05, 4.69) is 30.5 Å². The minimum Gasteiger partial charge on any atom is -0.346 e. The van der Waals surface area contributed by atoms with Crippen molar-refractivity contribution in [2.75, 3.05) is 6.54 Å². The number of amides is 1. The third-order valence-electron chi connectivity index (χ3n) is 4.68. The van der Waals surface area contributed by atoms with E-state index in [9.17, 15) is 4.79 Å². The molecule has 4 rings (SSSR count). The minimum absolute atomic E-state index is 0.0324. The lowest BCUT2D eigenvalue weighted by Crippen LogP contribution is -2.27. The molecule has 0 radical (unpaired) electrons. The van der Waals surface area contributed by atoms with Crippen LogP contribution in [-0.2, 0) is 12.0 Å². The van der Waals surface area contributed by atoms with Gasteiger partial charge in [0.15, 0.2) is 5.82 Å². The van der Waals surface area contributed by atoms with Crippen molar-refractivity contribution in [3.8, 4) is 0 Å². The van der Waals surface area contributed by atoms with Crippen molar-refractivity contribution in [1.82, 2.24) is 30.5 Å². The molecule has 0 aromatic carbocycles. The number of nitrogens with zero attached hydrogens (tertiary/aromatic N) is 5. The second-order valence-electron chi connectivity index (χ2n) is 8.09. The predicted octanol–water partition coefficient (Wildman–Crippen LogP) is 1.98. The summed E-state index contributed by atoms with van der Waals surface area (Å²) in [5.74, 6) is 1.58. The first-order valence-electron chi connectivity index (χ1n) is 9.12. The second kappa shape index (κ2) is 6.46. The van der Waals surface area contributed by atoms with Crippen LogP contribution in [0.1, 0.15) is 80.7 Å². The van der Waals surface area contributed by atoms with Crippen molar-refractivity contribution in [3.05, 3.63) is 23.4 Å². The highest BCUT2D eigenvalue weighted by Gasteiger charge is 2.34. The summed E-state index contributed by atoms with van der Waals surface area (Å²) in [6.45, 7) is 7.55. The van der Waals surface area contributed by atoms with Crippen LogP contribution in [0.5, 0.6) is 0 Å². The Hall–Kier alpha value is -2.29. The highest BCUT2D eigenvalue weighted by Crippen LogP contribution is 2.32. The summed E-state index contributed by atoms with van der Waals surface area (Å²) in [5.41, 5.74) is -0.150. The predicted molar refractivity (Wildman–Crippen MR) is 90.2 cm³/mol. The van der Waals surface area contributed by atoms with Crippen LogP contribution in [-0.4, -0.2) is 43.7 Å². The average molecular weight is 360 g/mol. The third-order valence-corrected chi connectivity index (χ3v) is 4.68. The zero-order valence-electron chi connectivity index (χ0n) is 15.4. The van der Waals surface area contributed by atoms with Crippen molar-refractivity contribution < 1.29 is 13.8 Å². The van der Waals surface area contributed by atoms with Crippen LogP contribution in [0.2, 0.25) is 0 Å². The number of hydrogen-bond donors (Lipinski definition) is 1. The van der Waals surface area contributed by atoms with E-state index in [1.807, 2.05) is 20.8 Å². The number of aromatic nitrogens is 4. The molecule has 3 heterocycles. The molecule has 9 heteroatoms. The van der Waals surface area contributed by atoms with Gasteiger partial charge in [-0.3, -0.25) is 9.69 Å². The van der Waals surface area contributed by atoms with Crippen LogP contribution in [0.15, 0.2) is 9.05 Å². The Bertz CT molecular complexity index is 789. The molecule has 2 aromatic heterocycles. The van der Waals surface area contributed by atoms with Gasteiger partial charge in [-0.05, 0) is 32.2 Å². The summed E-state index contributed by atoms with van der Waals surface area (Å²) in [5, 5.41) is 10.8. The summed E-state index contributed by atoms with van der Waals surface area (Å²) in [6, 6.07) is 0.233. The quantitative estimate of drug-likeness (QED) is 0.862. The maximum atomic E-state index is 12.0. The molecule has 140 valence electrons. The smallest absolute Gasteiger partial charge is 0.292 e. The van der Waals surface area contributed by atoms with Gasteiger partial charge in [-0.25, -0.2) is 0 Å². The fourth-order valence-corrected chi connectivity index (χ4v) is 3.03. The van der Waals surface area contributed by atoms with E-state index < -0.39 is 0 Å². The molecule has 0 spiro atoms. The SMILES string of the molecule is CC(C)(C)c1noc(CN2CCCC2c2nc(C(=O)NC3CC3)no2)n1. The standard InChI is InChI=1S/C17H24N6O3/c1-17(2,3)16-19-12(25-22-16)9-23-8-4-5-11(23)15-20-13(21-26-15)14(24)18-10-6-7-10/h10-11H,4-9H2,1-3H3,(H,18,24). The van der Waals surface area contributed by atoms with Crippen LogP contribution in [0, 0.1) is 0 Å². The fraction of sp³-hybridized carbons (Fsp3) is 0.706. The maximum absolute atomic E-state index is 12.0. The molecule has 2 fully saturated rings. The largest absolute Gasteiger partial charge is 0.346 e. The van der Waals surface area contributed by atoms with E-state index in [1.54, 1.807) is 0 Å². The van der Waals surface area contributed by atoms with E-state index in [0.29, 0.717) is 24.2 Å². The van der Waals surface area contributed by atoms with Gasteiger partial charge >= 0.3 is 0 Å². The van der Waals surface area contributed by atoms with Gasteiger partial charge in [-0.1, -0.05) is 31.1 Å². The highest BCUT2D eigenvalue weighted by atomic mass is 16.5. The number of carbonyl (C=O) groups excluding carboxylic acids is 1. The van der Waals surface area contributed by atoms with Gasteiger partial charge in [0.1, 0.15) is 0 Å². The minimum atomic E-state index is -0.265. The third kappa shape index (κ3) is 3.62. The van der Waals surface area contributed by atoms with Gasteiger partial charge in [0.05, 0.1) is 12.6 Å². The molecule has 1 aliphatic carbocycles. The summed E-state index contributed by atoms with van der Waals surface area (Å²) in [4.78, 5) is 23.0. The van der Waals surface area contributed by atoms with Crippen molar-refractivity contribution in [1.29, 1.82) is 0 Å². The molecule has 1 atom stereocenters. The Morgan fingerprint density at radius 2 is 2.00 bits per heavy atom. The maximum Gasteiger partial charge on any atom is 0.292 e. The van der Waals surface area contributed by atoms with Crippen molar-refractivity contribution in [3.63, 3.8) is 0 Å². The number of likely N-dealkylation sites (tertiary alicyclic amines) is 1. The van der Waals surface area contributed by atoms with Gasteiger partial charge in [-0.15, -0.1) is 0 Å². The van der Waals surface area contributed by atoms with Crippen LogP contribution in [0.25, 0.3) is 0 Å². The van der Waals surface area contributed by atoms with Crippen LogP contribution in [0.3, 0.4) is 0 Å². The molecular formula is C17H24N6O3. The lowest BCUT2D eigenvalue weighted by molar-refractivity contribution is 0.0937. The number of nitrogens with one attached hydrogen (secondary N) is 1. The zero-order chi connectivity index (χ0) is 18.3. The van der Waals surface area contributed by atoms with Gasteiger partial charge < -0.3 is 14.4 Å². The number of rotatable bonds is 5. The van der Waals surface area contributed by atoms with E-state index >= 15 is 0 Å². The van der Waals surface area contributed by atoms with Crippen LogP contribution < -0.4 is 5.32 Å². The van der Waals surface area contributed by atoms with E-state index in [-0.39, 0.29) is 29.2 Å².